The maximum absolute atomic E-state index is 5.01. The number of anilines is 1. The maximum Gasteiger partial charge on any atom is 0.106 e. The van der Waals surface area contributed by atoms with E-state index in [0.717, 1.165) is 24.0 Å². The Morgan fingerprint density at radius 3 is 2.44 bits per heavy atom. The van der Waals surface area contributed by atoms with E-state index in [4.69, 9.17) is 4.99 Å². The molecule has 0 atom stereocenters. The zero-order valence-corrected chi connectivity index (χ0v) is 15.0. The van der Waals surface area contributed by atoms with Gasteiger partial charge >= 0.3 is 0 Å². The molecule has 0 amide bonds. The Balaban J connectivity index is 1.72. The minimum absolute atomic E-state index is 0.783. The van der Waals surface area contributed by atoms with Gasteiger partial charge in [0.25, 0.3) is 0 Å². The molecule has 2 aromatic carbocycles. The van der Waals surface area contributed by atoms with Gasteiger partial charge in [-0.1, -0.05) is 67.8 Å². The van der Waals surface area contributed by atoms with Crippen LogP contribution in [0.1, 0.15) is 50.2 Å². The third-order valence-electron chi connectivity index (χ3n) is 5.43. The Labute approximate surface area is 150 Å². The number of benzene rings is 2. The second-order valence-corrected chi connectivity index (χ2v) is 7.23. The molecule has 1 fully saturated rings. The summed E-state index contributed by atoms with van der Waals surface area (Å²) in [6.07, 6.45) is 9.10. The summed E-state index contributed by atoms with van der Waals surface area (Å²) in [7, 11) is 0. The van der Waals surface area contributed by atoms with Crippen LogP contribution in [0.5, 0.6) is 0 Å². The van der Waals surface area contributed by atoms with E-state index < -0.39 is 0 Å². The summed E-state index contributed by atoms with van der Waals surface area (Å²) < 4.78 is 0. The molecule has 25 heavy (non-hydrogen) atoms. The van der Waals surface area contributed by atoms with Crippen LogP contribution in [0.25, 0.3) is 11.8 Å². The summed E-state index contributed by atoms with van der Waals surface area (Å²) in [6.45, 7) is 3.24. The third kappa shape index (κ3) is 3.53. The molecule has 2 aromatic rings. The lowest BCUT2D eigenvalue weighted by atomic mass is 9.88. The maximum atomic E-state index is 5.01. The van der Waals surface area contributed by atoms with Gasteiger partial charge < -0.3 is 4.90 Å². The van der Waals surface area contributed by atoms with E-state index in [-0.39, 0.29) is 0 Å². The Morgan fingerprint density at radius 2 is 1.64 bits per heavy atom. The second-order valence-electron chi connectivity index (χ2n) is 7.23. The van der Waals surface area contributed by atoms with E-state index in [2.05, 4.69) is 72.5 Å². The van der Waals surface area contributed by atoms with Gasteiger partial charge in [0.05, 0.1) is 5.70 Å². The van der Waals surface area contributed by atoms with E-state index in [0.29, 0.717) is 0 Å². The van der Waals surface area contributed by atoms with Crippen LogP contribution in [0.3, 0.4) is 0 Å². The zero-order chi connectivity index (χ0) is 17.1. The van der Waals surface area contributed by atoms with Crippen LogP contribution in [0, 0.1) is 5.92 Å². The zero-order valence-electron chi connectivity index (χ0n) is 15.0. The molecule has 0 unspecified atom stereocenters. The first-order valence-corrected chi connectivity index (χ1v) is 9.50. The van der Waals surface area contributed by atoms with Crippen LogP contribution in [0.2, 0.25) is 0 Å². The van der Waals surface area contributed by atoms with Crippen molar-refractivity contribution in [2.45, 2.75) is 39.0 Å². The number of para-hydroxylation sites is 1. The Bertz CT molecular complexity index is 783. The number of hydrogen-bond acceptors (Lipinski definition) is 2. The SMILES string of the molecule is CC1=NC(c2ccccc2)=Cc2ccccc2N1CC1CCCCC1. The molecule has 128 valence electrons. The van der Waals surface area contributed by atoms with Gasteiger partial charge in [-0.2, -0.15) is 0 Å². The standard InChI is InChI=1S/C23H26N2/c1-18-24-22(20-12-6-3-7-13-20)16-21-14-8-9-15-23(21)25(18)17-19-10-4-2-5-11-19/h3,6-9,12-16,19H,2,4-5,10-11,17H2,1H3. The van der Waals surface area contributed by atoms with E-state index in [9.17, 15) is 0 Å². The molecule has 1 aliphatic heterocycles. The molecule has 1 saturated carbocycles. The van der Waals surface area contributed by atoms with E-state index in [1.54, 1.807) is 0 Å². The monoisotopic (exact) mass is 330 g/mol. The van der Waals surface area contributed by atoms with Crippen LogP contribution >= 0.6 is 0 Å². The molecule has 0 saturated heterocycles. The first-order chi connectivity index (χ1) is 12.3. The number of rotatable bonds is 3. The molecule has 0 N–H and O–H groups in total. The lowest BCUT2D eigenvalue weighted by Gasteiger charge is -2.31. The molecule has 2 aliphatic rings. The minimum Gasteiger partial charge on any atom is -0.329 e. The molecule has 0 radical (unpaired) electrons. The highest BCUT2D eigenvalue weighted by Crippen LogP contribution is 2.33. The fraction of sp³-hybridized carbons (Fsp3) is 0.348. The molecule has 2 nitrogen and oxygen atoms in total. The smallest absolute Gasteiger partial charge is 0.106 e. The van der Waals surface area contributed by atoms with Gasteiger partial charge in [0.1, 0.15) is 5.84 Å². The van der Waals surface area contributed by atoms with Crippen molar-refractivity contribution in [1.29, 1.82) is 0 Å². The van der Waals surface area contributed by atoms with Crippen LogP contribution in [0.15, 0.2) is 59.6 Å². The topological polar surface area (TPSA) is 15.6 Å². The fourth-order valence-corrected chi connectivity index (χ4v) is 4.06. The number of nitrogens with zero attached hydrogens (tertiary/aromatic N) is 2. The highest BCUT2D eigenvalue weighted by molar-refractivity contribution is 6.05. The Morgan fingerprint density at radius 1 is 0.920 bits per heavy atom. The second kappa shape index (κ2) is 7.26. The first kappa shape index (κ1) is 16.1. The molecule has 4 rings (SSSR count). The van der Waals surface area contributed by atoms with Crippen molar-refractivity contribution in [3.63, 3.8) is 0 Å². The Kier molecular flexibility index (Phi) is 4.69. The van der Waals surface area contributed by atoms with Crippen LogP contribution < -0.4 is 4.90 Å². The normalized spacial score (nSPS) is 18.2. The average Bonchev–Trinajstić information content (AvgIpc) is 2.80. The van der Waals surface area contributed by atoms with Gasteiger partial charge in [-0.3, -0.25) is 0 Å². The minimum atomic E-state index is 0.783. The number of hydrogen-bond donors (Lipinski definition) is 0. The van der Waals surface area contributed by atoms with Crippen molar-refractivity contribution in [2.24, 2.45) is 10.9 Å². The fourth-order valence-electron chi connectivity index (χ4n) is 4.06. The number of aliphatic imine (C=N–C) groups is 1. The summed E-state index contributed by atoms with van der Waals surface area (Å²) in [5, 5.41) is 0. The highest BCUT2D eigenvalue weighted by atomic mass is 15.2. The van der Waals surface area contributed by atoms with Gasteiger partial charge in [0.15, 0.2) is 0 Å². The summed E-state index contributed by atoms with van der Waals surface area (Å²) >= 11 is 0. The molecular formula is C23H26N2. The molecular weight excluding hydrogens is 304 g/mol. The van der Waals surface area contributed by atoms with Crippen LogP contribution in [-0.2, 0) is 0 Å². The van der Waals surface area contributed by atoms with Crippen molar-refractivity contribution in [2.75, 3.05) is 11.4 Å². The predicted octanol–water partition coefficient (Wildman–Crippen LogP) is 6.00. The number of fused-ring (bicyclic) bond motifs is 1. The van der Waals surface area contributed by atoms with Gasteiger partial charge in [-0.25, -0.2) is 4.99 Å². The van der Waals surface area contributed by atoms with Gasteiger partial charge in [0.2, 0.25) is 0 Å². The van der Waals surface area contributed by atoms with E-state index in [1.165, 1.54) is 48.9 Å². The van der Waals surface area contributed by atoms with Crippen LogP contribution in [-0.4, -0.2) is 12.4 Å². The van der Waals surface area contributed by atoms with Crippen molar-refractivity contribution < 1.29 is 0 Å². The molecule has 1 heterocycles. The third-order valence-corrected chi connectivity index (χ3v) is 5.43. The first-order valence-electron chi connectivity index (χ1n) is 9.50. The largest absolute Gasteiger partial charge is 0.329 e. The molecule has 0 spiro atoms. The molecule has 0 aromatic heterocycles. The summed E-state index contributed by atoms with van der Waals surface area (Å²) in [5.41, 5.74) is 4.78. The van der Waals surface area contributed by atoms with E-state index in [1.807, 2.05) is 0 Å². The lowest BCUT2D eigenvalue weighted by molar-refractivity contribution is 0.366. The summed E-state index contributed by atoms with van der Waals surface area (Å²) in [6, 6.07) is 19.2. The number of amidine groups is 1. The van der Waals surface area contributed by atoms with Gasteiger partial charge in [0, 0.05) is 23.4 Å². The van der Waals surface area contributed by atoms with Crippen molar-refractivity contribution >= 4 is 23.3 Å². The van der Waals surface area contributed by atoms with Crippen molar-refractivity contribution in [1.82, 2.24) is 0 Å². The average molecular weight is 330 g/mol. The lowest BCUT2D eigenvalue weighted by Crippen LogP contribution is -2.34. The predicted molar refractivity (Wildman–Crippen MR) is 108 cm³/mol. The van der Waals surface area contributed by atoms with Crippen molar-refractivity contribution in [3.05, 3.63) is 65.7 Å². The van der Waals surface area contributed by atoms with Gasteiger partial charge in [-0.05, 0) is 37.8 Å². The van der Waals surface area contributed by atoms with Gasteiger partial charge in [-0.15, -0.1) is 0 Å². The quantitative estimate of drug-likeness (QED) is 0.673. The van der Waals surface area contributed by atoms with Crippen molar-refractivity contribution in [3.8, 4) is 0 Å². The molecule has 0 bridgehead atoms. The highest BCUT2D eigenvalue weighted by Gasteiger charge is 2.22. The summed E-state index contributed by atoms with van der Waals surface area (Å²) in [5.74, 6) is 1.89. The molecule has 2 heteroatoms. The van der Waals surface area contributed by atoms with Crippen LogP contribution in [0.4, 0.5) is 5.69 Å². The molecule has 1 aliphatic carbocycles. The summed E-state index contributed by atoms with van der Waals surface area (Å²) in [4.78, 5) is 7.45. The Hall–Kier alpha value is -2.35. The van der Waals surface area contributed by atoms with E-state index >= 15 is 0 Å².